The molecule has 5 rings (SSSR count). The standard InChI is InChI=1S/C25H23F2N3O4/c26-25(27)13-11-24(12-14-25)22(33)29(23(34)28-24)15-20(31)17-5-8-18(9-6-17)30-19-4-2-1-3-16(19)7-10-21(30)32/h1-6,8-9H,7,10-15H2,(H,28,34). The van der Waals surface area contributed by atoms with Gasteiger partial charge >= 0.3 is 6.03 Å². The van der Waals surface area contributed by atoms with E-state index in [1.807, 2.05) is 24.3 Å². The summed E-state index contributed by atoms with van der Waals surface area (Å²) in [5.74, 6) is -3.98. The Morgan fingerprint density at radius 2 is 1.59 bits per heavy atom. The van der Waals surface area contributed by atoms with Crippen molar-refractivity contribution in [1.29, 1.82) is 0 Å². The van der Waals surface area contributed by atoms with Gasteiger partial charge in [0.05, 0.1) is 12.2 Å². The number of hydrogen-bond acceptors (Lipinski definition) is 4. The van der Waals surface area contributed by atoms with Gasteiger partial charge in [-0.3, -0.25) is 24.2 Å². The van der Waals surface area contributed by atoms with Crippen molar-refractivity contribution >= 4 is 35.0 Å². The minimum atomic E-state index is -2.85. The SMILES string of the molecule is O=C(CN1C(=O)NC2(CCC(F)(F)CC2)C1=O)c1ccc(N2C(=O)CCc3ccccc32)cc1. The number of alkyl halides is 2. The van der Waals surface area contributed by atoms with E-state index in [1.54, 1.807) is 29.2 Å². The number of benzene rings is 2. The molecule has 9 heteroatoms. The molecule has 0 unspecified atom stereocenters. The van der Waals surface area contributed by atoms with E-state index in [-0.39, 0.29) is 24.3 Å². The maximum atomic E-state index is 13.6. The molecule has 0 atom stereocenters. The lowest BCUT2D eigenvalue weighted by atomic mass is 9.80. The molecular formula is C25H23F2N3O4. The number of fused-ring (bicyclic) bond motifs is 1. The summed E-state index contributed by atoms with van der Waals surface area (Å²) < 4.78 is 27.1. The number of imide groups is 1. The van der Waals surface area contributed by atoms with Gasteiger partial charge < -0.3 is 5.32 Å². The second kappa shape index (κ2) is 8.00. The number of urea groups is 1. The fourth-order valence-corrected chi connectivity index (χ4v) is 4.94. The van der Waals surface area contributed by atoms with Crippen molar-refractivity contribution in [3.8, 4) is 0 Å². The number of carbonyl (C=O) groups is 4. The van der Waals surface area contributed by atoms with Gasteiger partial charge in [0.15, 0.2) is 5.78 Å². The number of amides is 4. The summed E-state index contributed by atoms with van der Waals surface area (Å²) in [7, 11) is 0. The maximum absolute atomic E-state index is 13.6. The summed E-state index contributed by atoms with van der Waals surface area (Å²) in [4.78, 5) is 53.2. The number of nitrogens with zero attached hydrogens (tertiary/aromatic N) is 2. The van der Waals surface area contributed by atoms with E-state index >= 15 is 0 Å². The van der Waals surface area contributed by atoms with E-state index in [0.717, 1.165) is 16.2 Å². The average Bonchev–Trinajstić information content (AvgIpc) is 3.05. The van der Waals surface area contributed by atoms with Gasteiger partial charge in [0.2, 0.25) is 11.8 Å². The molecule has 2 aromatic carbocycles. The number of halogens is 2. The maximum Gasteiger partial charge on any atom is 0.325 e. The summed E-state index contributed by atoms with van der Waals surface area (Å²) in [6.45, 7) is -0.479. The third-order valence-corrected chi connectivity index (χ3v) is 6.92. The van der Waals surface area contributed by atoms with Crippen LogP contribution in [0.1, 0.15) is 48.0 Å². The molecule has 3 aliphatic rings. The van der Waals surface area contributed by atoms with Crippen molar-refractivity contribution < 1.29 is 28.0 Å². The lowest BCUT2D eigenvalue weighted by molar-refractivity contribution is -0.135. The lowest BCUT2D eigenvalue weighted by Crippen LogP contribution is -2.51. The molecule has 1 saturated carbocycles. The number of nitrogens with one attached hydrogen (secondary N) is 1. The summed E-state index contributed by atoms with van der Waals surface area (Å²) in [6, 6.07) is 13.3. The summed E-state index contributed by atoms with van der Waals surface area (Å²) in [6.07, 6.45) is -0.226. The Morgan fingerprint density at radius 1 is 0.912 bits per heavy atom. The Kier molecular flexibility index (Phi) is 5.22. The van der Waals surface area contributed by atoms with Crippen LogP contribution in [0, 0.1) is 0 Å². The molecule has 176 valence electrons. The van der Waals surface area contributed by atoms with Crippen LogP contribution in [0.15, 0.2) is 48.5 Å². The minimum Gasteiger partial charge on any atom is -0.323 e. The Balaban J connectivity index is 1.31. The highest BCUT2D eigenvalue weighted by molar-refractivity contribution is 6.11. The molecule has 1 N–H and O–H groups in total. The highest BCUT2D eigenvalue weighted by atomic mass is 19.3. The molecule has 0 radical (unpaired) electrons. The van der Waals surface area contributed by atoms with E-state index in [2.05, 4.69) is 5.32 Å². The zero-order valence-electron chi connectivity index (χ0n) is 18.4. The van der Waals surface area contributed by atoms with E-state index in [4.69, 9.17) is 0 Å². The number of anilines is 2. The van der Waals surface area contributed by atoms with E-state index in [9.17, 15) is 28.0 Å². The molecule has 2 aliphatic heterocycles. The van der Waals surface area contributed by atoms with Gasteiger partial charge in [0.25, 0.3) is 5.91 Å². The minimum absolute atomic E-state index is 0.0412. The molecule has 4 amide bonds. The van der Waals surface area contributed by atoms with Crippen LogP contribution in [0.3, 0.4) is 0 Å². The van der Waals surface area contributed by atoms with Gasteiger partial charge in [-0.2, -0.15) is 0 Å². The molecule has 0 aromatic heterocycles. The molecule has 2 heterocycles. The first-order valence-corrected chi connectivity index (χ1v) is 11.3. The van der Waals surface area contributed by atoms with Crippen LogP contribution in [-0.2, 0) is 16.0 Å². The van der Waals surface area contributed by atoms with Crippen LogP contribution in [-0.4, -0.2) is 46.5 Å². The highest BCUT2D eigenvalue weighted by Crippen LogP contribution is 2.41. The monoisotopic (exact) mass is 467 g/mol. The Hall–Kier alpha value is -3.62. The first-order chi connectivity index (χ1) is 16.2. The van der Waals surface area contributed by atoms with Crippen molar-refractivity contribution in [2.24, 2.45) is 0 Å². The second-order valence-electron chi connectivity index (χ2n) is 9.09. The lowest BCUT2D eigenvalue weighted by Gasteiger charge is -2.34. The number of aryl methyl sites for hydroxylation is 1. The molecular weight excluding hydrogens is 444 g/mol. The number of Topliss-reactive ketones (excluding diaryl/α,β-unsaturated/α-hetero) is 1. The Morgan fingerprint density at radius 3 is 2.29 bits per heavy atom. The van der Waals surface area contributed by atoms with Gasteiger partial charge in [0, 0.05) is 30.5 Å². The quantitative estimate of drug-likeness (QED) is 0.544. The summed E-state index contributed by atoms with van der Waals surface area (Å²) in [5.41, 5.74) is 1.41. The number of para-hydroxylation sites is 1. The van der Waals surface area contributed by atoms with E-state index in [0.29, 0.717) is 18.5 Å². The molecule has 34 heavy (non-hydrogen) atoms. The molecule has 0 bridgehead atoms. The summed E-state index contributed by atoms with van der Waals surface area (Å²) in [5, 5.41) is 2.54. The van der Waals surface area contributed by atoms with Crippen LogP contribution >= 0.6 is 0 Å². The first kappa shape index (κ1) is 22.2. The third-order valence-electron chi connectivity index (χ3n) is 6.92. The fourth-order valence-electron chi connectivity index (χ4n) is 4.94. The van der Waals surface area contributed by atoms with Gasteiger partial charge in [-0.25, -0.2) is 13.6 Å². The van der Waals surface area contributed by atoms with Crippen molar-refractivity contribution in [2.75, 3.05) is 11.4 Å². The predicted octanol–water partition coefficient (Wildman–Crippen LogP) is 3.98. The number of carbonyl (C=O) groups excluding carboxylic acids is 4. The highest BCUT2D eigenvalue weighted by Gasteiger charge is 2.55. The Labute approximate surface area is 194 Å². The van der Waals surface area contributed by atoms with Crippen LogP contribution in [0.4, 0.5) is 25.0 Å². The van der Waals surface area contributed by atoms with E-state index in [1.165, 1.54) is 0 Å². The molecule has 1 spiro atoms. The van der Waals surface area contributed by atoms with E-state index < -0.39 is 48.6 Å². The van der Waals surface area contributed by atoms with Crippen LogP contribution in [0.5, 0.6) is 0 Å². The van der Waals surface area contributed by atoms with Gasteiger partial charge in [-0.15, -0.1) is 0 Å². The summed E-state index contributed by atoms with van der Waals surface area (Å²) >= 11 is 0. The van der Waals surface area contributed by atoms with Crippen molar-refractivity contribution in [3.63, 3.8) is 0 Å². The van der Waals surface area contributed by atoms with Gasteiger partial charge in [0.1, 0.15) is 5.54 Å². The van der Waals surface area contributed by atoms with Crippen LogP contribution in [0.25, 0.3) is 0 Å². The normalized spacial score (nSPS) is 20.9. The van der Waals surface area contributed by atoms with Crippen LogP contribution in [0.2, 0.25) is 0 Å². The third kappa shape index (κ3) is 3.74. The van der Waals surface area contributed by atoms with Crippen LogP contribution < -0.4 is 10.2 Å². The molecule has 2 fully saturated rings. The molecule has 1 aliphatic carbocycles. The van der Waals surface area contributed by atoms with Crippen molar-refractivity contribution in [1.82, 2.24) is 10.2 Å². The first-order valence-electron chi connectivity index (χ1n) is 11.3. The second-order valence-corrected chi connectivity index (χ2v) is 9.09. The number of rotatable bonds is 4. The number of ketones is 1. The molecule has 2 aromatic rings. The zero-order valence-corrected chi connectivity index (χ0v) is 18.4. The van der Waals surface area contributed by atoms with Gasteiger partial charge in [-0.05, 0) is 55.2 Å². The van der Waals surface area contributed by atoms with Gasteiger partial charge in [-0.1, -0.05) is 18.2 Å². The predicted molar refractivity (Wildman–Crippen MR) is 119 cm³/mol. The topological polar surface area (TPSA) is 86.8 Å². The average molecular weight is 467 g/mol. The smallest absolute Gasteiger partial charge is 0.323 e. The fraction of sp³-hybridized carbons (Fsp3) is 0.360. The molecule has 1 saturated heterocycles. The Bertz CT molecular complexity index is 1180. The number of hydrogen-bond donors (Lipinski definition) is 1. The largest absolute Gasteiger partial charge is 0.325 e. The zero-order chi connectivity index (χ0) is 24.1. The van der Waals surface area contributed by atoms with Crippen molar-refractivity contribution in [2.45, 2.75) is 50.0 Å². The van der Waals surface area contributed by atoms with Crippen molar-refractivity contribution in [3.05, 3.63) is 59.7 Å². The molecule has 7 nitrogen and oxygen atoms in total.